The van der Waals surface area contributed by atoms with Crippen molar-refractivity contribution in [2.75, 3.05) is 7.11 Å². The summed E-state index contributed by atoms with van der Waals surface area (Å²) in [5, 5.41) is 4.21. The molecule has 28 heavy (non-hydrogen) atoms. The molecule has 3 rings (SSSR count). The van der Waals surface area contributed by atoms with Gasteiger partial charge in [0, 0.05) is 18.8 Å². The van der Waals surface area contributed by atoms with Crippen molar-refractivity contribution in [3.05, 3.63) is 82.7 Å². The normalized spacial score (nSPS) is 11.0. The molecule has 0 saturated heterocycles. The highest BCUT2D eigenvalue weighted by Crippen LogP contribution is 2.24. The number of carbonyl (C=O) groups excluding carboxylic acids is 1. The molecule has 5 heteroatoms. The number of aromatic nitrogens is 2. The zero-order valence-corrected chi connectivity index (χ0v) is 16.6. The fourth-order valence-electron chi connectivity index (χ4n) is 2.99. The van der Waals surface area contributed by atoms with Gasteiger partial charge in [-0.05, 0) is 49.2 Å². The van der Waals surface area contributed by atoms with Gasteiger partial charge in [0.1, 0.15) is 18.1 Å². The molecule has 0 aliphatic heterocycles. The molecule has 0 amide bonds. The number of ketones is 1. The first-order chi connectivity index (χ1) is 13.5. The van der Waals surface area contributed by atoms with Crippen LogP contribution in [-0.4, -0.2) is 22.7 Å². The lowest BCUT2D eigenvalue weighted by molar-refractivity contribution is 0.104. The van der Waals surface area contributed by atoms with Crippen LogP contribution < -0.4 is 9.47 Å². The highest BCUT2D eigenvalue weighted by molar-refractivity contribution is 6.07. The Bertz CT molecular complexity index is 1020. The maximum atomic E-state index is 12.4. The summed E-state index contributed by atoms with van der Waals surface area (Å²) >= 11 is 0. The van der Waals surface area contributed by atoms with Gasteiger partial charge in [0.15, 0.2) is 5.78 Å². The lowest BCUT2D eigenvalue weighted by Crippen LogP contribution is -2.00. The number of rotatable bonds is 7. The molecule has 0 N–H and O–H groups in total. The largest absolute Gasteiger partial charge is 0.496 e. The van der Waals surface area contributed by atoms with Crippen LogP contribution in [-0.2, 0) is 13.7 Å². The topological polar surface area (TPSA) is 53.4 Å². The van der Waals surface area contributed by atoms with Gasteiger partial charge >= 0.3 is 0 Å². The van der Waals surface area contributed by atoms with E-state index in [1.807, 2.05) is 56.3 Å². The summed E-state index contributed by atoms with van der Waals surface area (Å²) in [6, 6.07) is 13.7. The van der Waals surface area contributed by atoms with Gasteiger partial charge < -0.3 is 9.47 Å². The summed E-state index contributed by atoms with van der Waals surface area (Å²) in [6.45, 7) is 4.22. The molecule has 1 aromatic heterocycles. The maximum Gasteiger partial charge on any atom is 0.189 e. The molecule has 3 aromatic rings. The second-order valence-corrected chi connectivity index (χ2v) is 6.62. The number of nitrogens with zero attached hydrogens (tertiary/aromatic N) is 2. The predicted octanol–water partition coefficient (Wildman–Crippen LogP) is 4.52. The smallest absolute Gasteiger partial charge is 0.189 e. The molecule has 0 aliphatic rings. The molecule has 2 aromatic carbocycles. The number of aryl methyl sites for hydroxylation is 3. The lowest BCUT2D eigenvalue weighted by Gasteiger charge is -2.12. The maximum absolute atomic E-state index is 12.4. The Kier molecular flexibility index (Phi) is 5.94. The predicted molar refractivity (Wildman–Crippen MR) is 110 cm³/mol. The lowest BCUT2D eigenvalue weighted by atomic mass is 10.1. The van der Waals surface area contributed by atoms with Crippen LogP contribution in [0.3, 0.4) is 0 Å². The van der Waals surface area contributed by atoms with Crippen molar-refractivity contribution in [2.45, 2.75) is 20.5 Å². The molecular weight excluding hydrogens is 352 g/mol. The molecule has 144 valence electrons. The van der Waals surface area contributed by atoms with Crippen LogP contribution in [0.25, 0.3) is 6.08 Å². The van der Waals surface area contributed by atoms with E-state index in [4.69, 9.17) is 9.47 Å². The first kappa shape index (κ1) is 19.4. The first-order valence-electron chi connectivity index (χ1n) is 9.06. The SMILES string of the molecule is COc1ccc(/C=C/C(=O)c2cn(C)nc2C)cc1COc1ccccc1C. The van der Waals surface area contributed by atoms with E-state index in [-0.39, 0.29) is 5.78 Å². The Morgan fingerprint density at radius 1 is 1.14 bits per heavy atom. The van der Waals surface area contributed by atoms with Crippen LogP contribution in [0.1, 0.15) is 32.7 Å². The number of carbonyl (C=O) groups is 1. The zero-order valence-electron chi connectivity index (χ0n) is 16.6. The number of para-hydroxylation sites is 1. The van der Waals surface area contributed by atoms with Crippen molar-refractivity contribution < 1.29 is 14.3 Å². The van der Waals surface area contributed by atoms with Crippen LogP contribution >= 0.6 is 0 Å². The van der Waals surface area contributed by atoms with Crippen LogP contribution in [0, 0.1) is 13.8 Å². The molecule has 1 heterocycles. The Morgan fingerprint density at radius 2 is 1.93 bits per heavy atom. The Labute approximate surface area is 165 Å². The molecular formula is C23H24N2O3. The van der Waals surface area contributed by atoms with Gasteiger partial charge in [-0.25, -0.2) is 0 Å². The second-order valence-electron chi connectivity index (χ2n) is 6.62. The molecule has 0 fully saturated rings. The van der Waals surface area contributed by atoms with E-state index in [0.29, 0.717) is 12.2 Å². The molecule has 0 aliphatic carbocycles. The minimum absolute atomic E-state index is 0.0703. The molecule has 0 radical (unpaired) electrons. The Morgan fingerprint density at radius 3 is 2.61 bits per heavy atom. The summed E-state index contributed by atoms with van der Waals surface area (Å²) in [4.78, 5) is 12.4. The molecule has 0 atom stereocenters. The van der Waals surface area contributed by atoms with E-state index in [1.165, 1.54) is 0 Å². The van der Waals surface area contributed by atoms with Gasteiger partial charge in [0.05, 0.1) is 18.4 Å². The van der Waals surface area contributed by atoms with Gasteiger partial charge in [0.25, 0.3) is 0 Å². The average molecular weight is 376 g/mol. The third kappa shape index (κ3) is 4.49. The number of hydrogen-bond acceptors (Lipinski definition) is 4. The number of methoxy groups -OCH3 is 1. The summed E-state index contributed by atoms with van der Waals surface area (Å²) in [7, 11) is 3.44. The van der Waals surface area contributed by atoms with E-state index in [9.17, 15) is 4.79 Å². The zero-order chi connectivity index (χ0) is 20.1. The van der Waals surface area contributed by atoms with E-state index < -0.39 is 0 Å². The minimum atomic E-state index is -0.0703. The quantitative estimate of drug-likeness (QED) is 0.449. The van der Waals surface area contributed by atoms with Gasteiger partial charge in [-0.15, -0.1) is 0 Å². The van der Waals surface area contributed by atoms with Crippen LogP contribution in [0.15, 0.2) is 54.7 Å². The van der Waals surface area contributed by atoms with Crippen molar-refractivity contribution in [1.82, 2.24) is 9.78 Å². The summed E-state index contributed by atoms with van der Waals surface area (Å²) in [5.41, 5.74) is 4.22. The monoisotopic (exact) mass is 376 g/mol. The van der Waals surface area contributed by atoms with Gasteiger partial charge in [-0.1, -0.05) is 30.3 Å². The number of benzene rings is 2. The van der Waals surface area contributed by atoms with Crippen LogP contribution in [0.4, 0.5) is 0 Å². The molecule has 0 spiro atoms. The second kappa shape index (κ2) is 8.57. The van der Waals surface area contributed by atoms with Crippen molar-refractivity contribution in [2.24, 2.45) is 7.05 Å². The van der Waals surface area contributed by atoms with E-state index in [0.717, 1.165) is 33.9 Å². The van der Waals surface area contributed by atoms with E-state index in [1.54, 1.807) is 37.2 Å². The van der Waals surface area contributed by atoms with Gasteiger partial charge in [-0.2, -0.15) is 5.10 Å². The minimum Gasteiger partial charge on any atom is -0.496 e. The van der Waals surface area contributed by atoms with Crippen LogP contribution in [0.2, 0.25) is 0 Å². The van der Waals surface area contributed by atoms with E-state index >= 15 is 0 Å². The van der Waals surface area contributed by atoms with E-state index in [2.05, 4.69) is 5.10 Å². The number of allylic oxidation sites excluding steroid dienone is 1. The number of hydrogen-bond donors (Lipinski definition) is 0. The van der Waals surface area contributed by atoms with Crippen molar-refractivity contribution in [3.63, 3.8) is 0 Å². The Balaban J connectivity index is 1.77. The average Bonchev–Trinajstić information content (AvgIpc) is 3.03. The van der Waals surface area contributed by atoms with Crippen molar-refractivity contribution in [3.8, 4) is 11.5 Å². The molecule has 0 bridgehead atoms. The fourth-order valence-corrected chi connectivity index (χ4v) is 2.99. The molecule has 5 nitrogen and oxygen atoms in total. The van der Waals surface area contributed by atoms with Crippen LogP contribution in [0.5, 0.6) is 11.5 Å². The summed E-state index contributed by atoms with van der Waals surface area (Å²) < 4.78 is 13.0. The Hall–Kier alpha value is -3.34. The highest BCUT2D eigenvalue weighted by atomic mass is 16.5. The standard InChI is InChI=1S/C23H24N2O3/c1-16-7-5-6-8-22(16)28-15-19-13-18(10-12-23(19)27-4)9-11-21(26)20-14-25(3)24-17(20)2/h5-14H,15H2,1-4H3/b11-9+. The third-order valence-corrected chi connectivity index (χ3v) is 4.49. The van der Waals surface area contributed by atoms with Crippen molar-refractivity contribution in [1.29, 1.82) is 0 Å². The summed E-state index contributed by atoms with van der Waals surface area (Å²) in [6.07, 6.45) is 5.10. The molecule has 0 saturated carbocycles. The van der Waals surface area contributed by atoms with Gasteiger partial charge in [-0.3, -0.25) is 9.48 Å². The third-order valence-electron chi connectivity index (χ3n) is 4.49. The van der Waals surface area contributed by atoms with Crippen molar-refractivity contribution >= 4 is 11.9 Å². The summed E-state index contributed by atoms with van der Waals surface area (Å²) in [5.74, 6) is 1.52. The number of ether oxygens (including phenoxy) is 2. The molecule has 0 unspecified atom stereocenters. The highest BCUT2D eigenvalue weighted by Gasteiger charge is 2.10. The fraction of sp³-hybridized carbons (Fsp3) is 0.217. The first-order valence-corrected chi connectivity index (χ1v) is 9.06. The van der Waals surface area contributed by atoms with Gasteiger partial charge in [0.2, 0.25) is 0 Å².